The molecule has 2 N–H and O–H groups in total. The number of anilines is 1. The van der Waals surface area contributed by atoms with Crippen LogP contribution in [0.5, 0.6) is 0 Å². The molecular formula is C6H7N2O. The van der Waals surface area contributed by atoms with E-state index in [4.69, 9.17) is 5.73 Å². The summed E-state index contributed by atoms with van der Waals surface area (Å²) < 4.78 is 0. The molecule has 1 heterocycles. The van der Waals surface area contributed by atoms with E-state index in [1.54, 1.807) is 12.1 Å². The van der Waals surface area contributed by atoms with E-state index in [0.717, 1.165) is 0 Å². The van der Waals surface area contributed by atoms with Crippen LogP contribution in [0, 0.1) is 0 Å². The molecule has 3 nitrogen and oxygen atoms in total. The summed E-state index contributed by atoms with van der Waals surface area (Å²) in [6.07, 6.45) is 1.53. The molecule has 0 saturated heterocycles. The third kappa shape index (κ3) is 1.40. The van der Waals surface area contributed by atoms with Crippen LogP contribution in [0.2, 0.25) is 0 Å². The monoisotopic (exact) mass is 123 g/mol. The number of aromatic nitrogens is 1. The molecule has 0 aliphatic carbocycles. The van der Waals surface area contributed by atoms with Crippen LogP contribution in [0.15, 0.2) is 18.3 Å². The summed E-state index contributed by atoms with van der Waals surface area (Å²) in [6.45, 7) is -0.229. The van der Waals surface area contributed by atoms with Gasteiger partial charge in [0.15, 0.2) is 0 Å². The normalized spacial score (nSPS) is 9.44. The van der Waals surface area contributed by atoms with Gasteiger partial charge in [-0.2, -0.15) is 0 Å². The predicted molar refractivity (Wildman–Crippen MR) is 33.0 cm³/mol. The molecular weight excluding hydrogens is 116 g/mol. The second kappa shape index (κ2) is 2.46. The van der Waals surface area contributed by atoms with Crippen molar-refractivity contribution in [2.45, 2.75) is 6.61 Å². The van der Waals surface area contributed by atoms with E-state index in [1.807, 2.05) is 0 Å². The van der Waals surface area contributed by atoms with Gasteiger partial charge in [0.05, 0.1) is 0 Å². The van der Waals surface area contributed by atoms with Crippen molar-refractivity contribution in [1.82, 2.24) is 4.98 Å². The lowest BCUT2D eigenvalue weighted by Gasteiger charge is -1.92. The maximum atomic E-state index is 10.2. The smallest absolute Gasteiger partial charge is 0.123 e. The minimum absolute atomic E-state index is 0.229. The Bertz CT molecular complexity index is 200. The molecule has 0 aliphatic heterocycles. The summed E-state index contributed by atoms with van der Waals surface area (Å²) in [5.41, 5.74) is 5.97. The molecule has 1 aromatic rings. The standard InChI is InChI=1S/C6H7N2O/c7-6-3-5(4-9)1-2-8-6/h1-3H,4H2,(H2,7,8). The summed E-state index contributed by atoms with van der Waals surface area (Å²) in [4.78, 5) is 3.73. The highest BCUT2D eigenvalue weighted by molar-refractivity contribution is 5.31. The van der Waals surface area contributed by atoms with Crippen LogP contribution in [-0.2, 0) is 11.7 Å². The second-order valence-corrected chi connectivity index (χ2v) is 1.73. The van der Waals surface area contributed by atoms with Crippen LogP contribution in [0.3, 0.4) is 0 Å². The number of nitrogens with two attached hydrogens (primary N) is 1. The van der Waals surface area contributed by atoms with Crippen molar-refractivity contribution < 1.29 is 5.11 Å². The van der Waals surface area contributed by atoms with Gasteiger partial charge >= 0.3 is 0 Å². The van der Waals surface area contributed by atoms with Gasteiger partial charge in [0, 0.05) is 6.20 Å². The maximum absolute atomic E-state index is 10.2. The molecule has 0 amide bonds. The van der Waals surface area contributed by atoms with Gasteiger partial charge in [0.25, 0.3) is 0 Å². The van der Waals surface area contributed by atoms with Crippen LogP contribution in [-0.4, -0.2) is 4.98 Å². The lowest BCUT2D eigenvalue weighted by atomic mass is 10.3. The molecule has 0 saturated carbocycles. The fourth-order valence-electron chi connectivity index (χ4n) is 0.584. The molecule has 0 spiro atoms. The van der Waals surface area contributed by atoms with Crippen molar-refractivity contribution in [3.05, 3.63) is 23.9 Å². The minimum atomic E-state index is -0.229. The van der Waals surface area contributed by atoms with E-state index in [1.165, 1.54) is 6.20 Å². The Morgan fingerprint density at radius 3 is 2.89 bits per heavy atom. The molecule has 1 rings (SSSR count). The first kappa shape index (κ1) is 6.04. The third-order valence-electron chi connectivity index (χ3n) is 1.01. The van der Waals surface area contributed by atoms with Crippen molar-refractivity contribution >= 4 is 5.82 Å². The van der Waals surface area contributed by atoms with Gasteiger partial charge in [-0.25, -0.2) is 10.1 Å². The van der Waals surface area contributed by atoms with Crippen LogP contribution >= 0.6 is 0 Å². The predicted octanol–water partition coefficient (Wildman–Crippen LogP) is 0.594. The Balaban J connectivity index is 2.94. The van der Waals surface area contributed by atoms with E-state index in [2.05, 4.69) is 4.98 Å². The fraction of sp³-hybridized carbons (Fsp3) is 0.167. The van der Waals surface area contributed by atoms with E-state index >= 15 is 0 Å². The average Bonchev–Trinajstić information content (AvgIpc) is 1.88. The Kier molecular flexibility index (Phi) is 1.65. The Labute approximate surface area is 53.2 Å². The summed E-state index contributed by atoms with van der Waals surface area (Å²) in [5.74, 6) is 0.406. The van der Waals surface area contributed by atoms with Crippen LogP contribution in [0.4, 0.5) is 5.82 Å². The van der Waals surface area contributed by atoms with Crippen LogP contribution in [0.1, 0.15) is 5.56 Å². The molecule has 0 bridgehead atoms. The average molecular weight is 123 g/mol. The molecule has 47 valence electrons. The Hall–Kier alpha value is -1.09. The van der Waals surface area contributed by atoms with Gasteiger partial charge in [-0.1, -0.05) is 0 Å². The first-order valence-corrected chi connectivity index (χ1v) is 2.61. The van der Waals surface area contributed by atoms with E-state index in [-0.39, 0.29) is 6.61 Å². The molecule has 0 unspecified atom stereocenters. The van der Waals surface area contributed by atoms with Gasteiger partial charge in [0.1, 0.15) is 12.4 Å². The molecule has 3 heteroatoms. The van der Waals surface area contributed by atoms with E-state index in [0.29, 0.717) is 11.4 Å². The number of hydrogen-bond donors (Lipinski definition) is 1. The van der Waals surface area contributed by atoms with Crippen LogP contribution < -0.4 is 5.73 Å². The van der Waals surface area contributed by atoms with Gasteiger partial charge in [-0.3, -0.25) is 0 Å². The molecule has 1 aromatic heterocycles. The molecule has 0 atom stereocenters. The SMILES string of the molecule is Nc1cc(C[O])ccn1. The quantitative estimate of drug-likeness (QED) is 0.594. The van der Waals surface area contributed by atoms with Crippen molar-refractivity contribution in [1.29, 1.82) is 0 Å². The Morgan fingerprint density at radius 2 is 2.44 bits per heavy atom. The highest BCUT2D eigenvalue weighted by atomic mass is 16.3. The first-order chi connectivity index (χ1) is 4.33. The highest BCUT2D eigenvalue weighted by Gasteiger charge is 1.89. The van der Waals surface area contributed by atoms with E-state index < -0.39 is 0 Å². The molecule has 9 heavy (non-hydrogen) atoms. The lowest BCUT2D eigenvalue weighted by Crippen LogP contribution is -1.90. The minimum Gasteiger partial charge on any atom is -0.384 e. The van der Waals surface area contributed by atoms with Gasteiger partial charge in [-0.05, 0) is 17.7 Å². The number of rotatable bonds is 1. The molecule has 0 aromatic carbocycles. The van der Waals surface area contributed by atoms with Gasteiger partial charge in [-0.15, -0.1) is 0 Å². The first-order valence-electron chi connectivity index (χ1n) is 2.61. The molecule has 0 aliphatic rings. The van der Waals surface area contributed by atoms with Crippen LogP contribution in [0.25, 0.3) is 0 Å². The molecule has 0 fully saturated rings. The largest absolute Gasteiger partial charge is 0.384 e. The lowest BCUT2D eigenvalue weighted by molar-refractivity contribution is 0.177. The number of nitrogens with zero attached hydrogens (tertiary/aromatic N) is 1. The second-order valence-electron chi connectivity index (χ2n) is 1.73. The summed E-state index contributed by atoms with van der Waals surface area (Å²) >= 11 is 0. The highest BCUT2D eigenvalue weighted by Crippen LogP contribution is 2.01. The van der Waals surface area contributed by atoms with Crippen molar-refractivity contribution in [3.8, 4) is 0 Å². The third-order valence-corrected chi connectivity index (χ3v) is 1.01. The van der Waals surface area contributed by atoms with E-state index in [9.17, 15) is 5.11 Å². The summed E-state index contributed by atoms with van der Waals surface area (Å²) in [5, 5.41) is 10.2. The zero-order chi connectivity index (χ0) is 6.69. The van der Waals surface area contributed by atoms with Crippen molar-refractivity contribution in [2.75, 3.05) is 5.73 Å². The number of hydrogen-bond acceptors (Lipinski definition) is 2. The zero-order valence-corrected chi connectivity index (χ0v) is 4.87. The number of nitrogen functional groups attached to an aromatic ring is 1. The molecule has 1 radical (unpaired) electrons. The summed E-state index contributed by atoms with van der Waals surface area (Å²) in [6, 6.07) is 3.23. The maximum Gasteiger partial charge on any atom is 0.123 e. The van der Waals surface area contributed by atoms with Crippen molar-refractivity contribution in [3.63, 3.8) is 0 Å². The fourth-order valence-corrected chi connectivity index (χ4v) is 0.584. The van der Waals surface area contributed by atoms with Crippen molar-refractivity contribution in [2.24, 2.45) is 0 Å². The van der Waals surface area contributed by atoms with Gasteiger partial charge in [0.2, 0.25) is 0 Å². The summed E-state index contributed by atoms with van der Waals surface area (Å²) in [7, 11) is 0. The Morgan fingerprint density at radius 1 is 1.67 bits per heavy atom. The van der Waals surface area contributed by atoms with Gasteiger partial charge < -0.3 is 5.73 Å². The zero-order valence-electron chi connectivity index (χ0n) is 4.87. The number of pyridine rings is 1. The topological polar surface area (TPSA) is 58.8 Å².